The van der Waals surface area contributed by atoms with Gasteiger partial charge in [0.25, 0.3) is 0 Å². The van der Waals surface area contributed by atoms with Gasteiger partial charge in [-0.1, -0.05) is 11.6 Å². The standard InChI is InChI=1S/C13H14ClN5O/c14-10-8-11(18-13(20)17-10)19-6-2-9(3-7-19)12-15-4-1-5-16-12/h1,4-5,8-9H,2-3,6-7H2,(H,17,18,20). The third-order valence-electron chi connectivity index (χ3n) is 3.47. The van der Waals surface area contributed by atoms with Crippen molar-refractivity contribution in [2.75, 3.05) is 18.0 Å². The van der Waals surface area contributed by atoms with E-state index < -0.39 is 5.69 Å². The maximum Gasteiger partial charge on any atom is 0.348 e. The molecule has 6 nitrogen and oxygen atoms in total. The molecule has 0 aromatic carbocycles. The highest BCUT2D eigenvalue weighted by Crippen LogP contribution is 2.27. The van der Waals surface area contributed by atoms with Crippen molar-refractivity contribution in [3.05, 3.63) is 46.0 Å². The topological polar surface area (TPSA) is 74.8 Å². The van der Waals surface area contributed by atoms with E-state index in [2.05, 4.69) is 24.8 Å². The average molecular weight is 292 g/mol. The number of hydrogen-bond donors (Lipinski definition) is 1. The molecular weight excluding hydrogens is 278 g/mol. The third-order valence-corrected chi connectivity index (χ3v) is 3.67. The predicted octanol–water partition coefficient (Wildman–Crippen LogP) is 1.60. The van der Waals surface area contributed by atoms with Gasteiger partial charge in [-0.3, -0.25) is 4.98 Å². The van der Waals surface area contributed by atoms with Crippen LogP contribution in [-0.2, 0) is 0 Å². The second-order valence-electron chi connectivity index (χ2n) is 4.76. The smallest absolute Gasteiger partial charge is 0.348 e. The summed E-state index contributed by atoms with van der Waals surface area (Å²) in [7, 11) is 0. The number of nitrogens with zero attached hydrogens (tertiary/aromatic N) is 4. The molecule has 3 heterocycles. The van der Waals surface area contributed by atoms with Gasteiger partial charge in [-0.25, -0.2) is 14.8 Å². The Labute approximate surface area is 120 Å². The molecule has 1 aliphatic heterocycles. The number of nitrogens with one attached hydrogen (secondary N) is 1. The van der Waals surface area contributed by atoms with Crippen LogP contribution in [0.2, 0.25) is 5.15 Å². The second-order valence-corrected chi connectivity index (χ2v) is 5.17. The van der Waals surface area contributed by atoms with Crippen molar-refractivity contribution in [1.82, 2.24) is 19.9 Å². The van der Waals surface area contributed by atoms with Gasteiger partial charge in [-0.15, -0.1) is 0 Å². The zero-order valence-corrected chi connectivity index (χ0v) is 11.5. The summed E-state index contributed by atoms with van der Waals surface area (Å²) in [5.74, 6) is 1.89. The SMILES string of the molecule is O=c1nc(N2CCC(c3ncccn3)CC2)cc(Cl)[nH]1. The number of aromatic amines is 1. The van der Waals surface area contributed by atoms with E-state index in [0.29, 0.717) is 16.9 Å². The van der Waals surface area contributed by atoms with Crippen LogP contribution in [0.25, 0.3) is 0 Å². The number of halogens is 1. The van der Waals surface area contributed by atoms with Crippen LogP contribution in [0.5, 0.6) is 0 Å². The van der Waals surface area contributed by atoms with Crippen LogP contribution in [0.15, 0.2) is 29.3 Å². The van der Waals surface area contributed by atoms with Gasteiger partial charge in [-0.05, 0) is 18.9 Å². The van der Waals surface area contributed by atoms with Crippen LogP contribution < -0.4 is 10.6 Å². The van der Waals surface area contributed by atoms with Gasteiger partial charge in [0.05, 0.1) is 0 Å². The number of H-pyrrole nitrogens is 1. The van der Waals surface area contributed by atoms with Crippen molar-refractivity contribution in [3.8, 4) is 0 Å². The van der Waals surface area contributed by atoms with Gasteiger partial charge in [0, 0.05) is 37.5 Å². The summed E-state index contributed by atoms with van der Waals surface area (Å²) < 4.78 is 0. The van der Waals surface area contributed by atoms with E-state index in [0.717, 1.165) is 31.8 Å². The lowest BCUT2D eigenvalue weighted by atomic mass is 9.96. The molecule has 104 valence electrons. The molecule has 0 spiro atoms. The van der Waals surface area contributed by atoms with Gasteiger partial charge in [0.1, 0.15) is 16.8 Å². The van der Waals surface area contributed by atoms with Crippen LogP contribution in [-0.4, -0.2) is 33.0 Å². The van der Waals surface area contributed by atoms with Crippen LogP contribution >= 0.6 is 11.6 Å². The highest BCUT2D eigenvalue weighted by atomic mass is 35.5. The summed E-state index contributed by atoms with van der Waals surface area (Å²) in [6.07, 6.45) is 5.42. The molecule has 0 atom stereocenters. The molecule has 2 aromatic heterocycles. The van der Waals surface area contributed by atoms with Gasteiger partial charge in [0.15, 0.2) is 0 Å². The third kappa shape index (κ3) is 2.80. The molecule has 0 amide bonds. The first-order valence-electron chi connectivity index (χ1n) is 6.51. The van der Waals surface area contributed by atoms with Gasteiger partial charge in [0.2, 0.25) is 0 Å². The van der Waals surface area contributed by atoms with Crippen molar-refractivity contribution in [2.24, 2.45) is 0 Å². The number of rotatable bonds is 2. The molecule has 0 bridgehead atoms. The Hall–Kier alpha value is -1.95. The summed E-state index contributed by atoms with van der Waals surface area (Å²) in [4.78, 5) is 28.4. The molecule has 1 saturated heterocycles. The largest absolute Gasteiger partial charge is 0.356 e. The van der Waals surface area contributed by atoms with E-state index in [1.54, 1.807) is 18.5 Å². The average Bonchev–Trinajstić information content (AvgIpc) is 2.47. The van der Waals surface area contributed by atoms with E-state index in [9.17, 15) is 4.79 Å². The van der Waals surface area contributed by atoms with Crippen LogP contribution in [0.4, 0.5) is 5.82 Å². The Morgan fingerprint density at radius 1 is 1.25 bits per heavy atom. The maximum absolute atomic E-state index is 11.3. The van der Waals surface area contributed by atoms with Crippen LogP contribution in [0.1, 0.15) is 24.6 Å². The molecule has 1 N–H and O–H groups in total. The minimum Gasteiger partial charge on any atom is -0.356 e. The summed E-state index contributed by atoms with van der Waals surface area (Å²) >= 11 is 5.85. The van der Waals surface area contributed by atoms with Crippen LogP contribution in [0.3, 0.4) is 0 Å². The minimum absolute atomic E-state index is 0.313. The first kappa shape index (κ1) is 13.1. The van der Waals surface area contributed by atoms with E-state index >= 15 is 0 Å². The van der Waals surface area contributed by atoms with Crippen molar-refractivity contribution >= 4 is 17.4 Å². The van der Waals surface area contributed by atoms with E-state index in [4.69, 9.17) is 11.6 Å². The Kier molecular flexibility index (Phi) is 3.64. The summed E-state index contributed by atoms with van der Waals surface area (Å²) in [5, 5.41) is 0.313. The highest BCUT2D eigenvalue weighted by molar-refractivity contribution is 6.29. The lowest BCUT2D eigenvalue weighted by molar-refractivity contribution is 0.483. The quantitative estimate of drug-likeness (QED) is 0.851. The zero-order valence-electron chi connectivity index (χ0n) is 10.8. The highest BCUT2D eigenvalue weighted by Gasteiger charge is 2.23. The first-order chi connectivity index (χ1) is 9.72. The Morgan fingerprint density at radius 3 is 2.60 bits per heavy atom. The molecule has 1 fully saturated rings. The van der Waals surface area contributed by atoms with Crippen molar-refractivity contribution in [1.29, 1.82) is 0 Å². The van der Waals surface area contributed by atoms with E-state index in [1.807, 2.05) is 6.07 Å². The maximum atomic E-state index is 11.3. The lowest BCUT2D eigenvalue weighted by Gasteiger charge is -2.31. The Balaban J connectivity index is 1.71. The van der Waals surface area contributed by atoms with Crippen molar-refractivity contribution < 1.29 is 0 Å². The summed E-state index contributed by atoms with van der Waals surface area (Å²) in [6, 6.07) is 3.50. The molecule has 0 saturated carbocycles. The van der Waals surface area contributed by atoms with Gasteiger partial charge < -0.3 is 4.90 Å². The van der Waals surface area contributed by atoms with Gasteiger partial charge >= 0.3 is 5.69 Å². The Morgan fingerprint density at radius 2 is 1.95 bits per heavy atom. The zero-order chi connectivity index (χ0) is 13.9. The molecule has 3 rings (SSSR count). The van der Waals surface area contributed by atoms with E-state index in [1.165, 1.54) is 0 Å². The lowest BCUT2D eigenvalue weighted by Crippen LogP contribution is -2.35. The molecule has 0 aliphatic carbocycles. The summed E-state index contributed by atoms with van der Waals surface area (Å²) in [5.41, 5.74) is -0.416. The fourth-order valence-corrected chi connectivity index (χ4v) is 2.64. The summed E-state index contributed by atoms with van der Waals surface area (Å²) in [6.45, 7) is 1.63. The van der Waals surface area contributed by atoms with Crippen LogP contribution in [0, 0.1) is 0 Å². The fraction of sp³-hybridized carbons (Fsp3) is 0.385. The van der Waals surface area contributed by atoms with E-state index in [-0.39, 0.29) is 0 Å². The molecule has 0 unspecified atom stereocenters. The Bertz CT molecular complexity index is 637. The van der Waals surface area contributed by atoms with Crippen molar-refractivity contribution in [3.63, 3.8) is 0 Å². The number of anilines is 1. The molecular formula is C13H14ClN5O. The molecule has 0 radical (unpaired) electrons. The fourth-order valence-electron chi connectivity index (χ4n) is 2.47. The number of piperidine rings is 1. The monoisotopic (exact) mass is 291 g/mol. The number of hydrogen-bond acceptors (Lipinski definition) is 5. The molecule has 2 aromatic rings. The van der Waals surface area contributed by atoms with Crippen molar-refractivity contribution in [2.45, 2.75) is 18.8 Å². The molecule has 20 heavy (non-hydrogen) atoms. The minimum atomic E-state index is -0.416. The number of aromatic nitrogens is 4. The molecule has 7 heteroatoms. The first-order valence-corrected chi connectivity index (χ1v) is 6.89. The normalized spacial score (nSPS) is 16.4. The predicted molar refractivity (Wildman–Crippen MR) is 76.1 cm³/mol. The molecule has 1 aliphatic rings. The second kappa shape index (κ2) is 5.58. The van der Waals surface area contributed by atoms with Gasteiger partial charge in [-0.2, -0.15) is 4.98 Å².